The predicted molar refractivity (Wildman–Crippen MR) is 120 cm³/mol. The van der Waals surface area contributed by atoms with E-state index in [0.717, 1.165) is 56.5 Å². The Kier molecular flexibility index (Phi) is 14.3. The summed E-state index contributed by atoms with van der Waals surface area (Å²) in [5.41, 5.74) is 2.04. The number of piperazine rings is 1. The number of nitrogens with zero attached hydrogens (tertiary/aromatic N) is 5. The van der Waals surface area contributed by atoms with Crippen LogP contribution in [-0.4, -0.2) is 107 Å². The number of carbonyl (C=O) groups is 2. The summed E-state index contributed by atoms with van der Waals surface area (Å²) in [6, 6.07) is 0. The SMILES string of the molecule is CCN(CC)CCCN1CCN(c2nc(C)cnc2C)CC1.O=C(O)C(F)(F)F.O=C(O)C(F)(F)F. The van der Waals surface area contributed by atoms with E-state index in [2.05, 4.69) is 45.4 Å². The highest BCUT2D eigenvalue weighted by Crippen LogP contribution is 2.17. The molecule has 0 atom stereocenters. The zero-order chi connectivity index (χ0) is 28.1. The van der Waals surface area contributed by atoms with Crippen molar-refractivity contribution < 1.29 is 46.1 Å². The predicted octanol–water partition coefficient (Wildman–Crippen LogP) is 3.21. The van der Waals surface area contributed by atoms with Crippen LogP contribution in [0.5, 0.6) is 0 Å². The van der Waals surface area contributed by atoms with Gasteiger partial charge in [-0.3, -0.25) is 9.88 Å². The smallest absolute Gasteiger partial charge is 0.475 e. The van der Waals surface area contributed by atoms with Gasteiger partial charge in [0, 0.05) is 32.4 Å². The molecule has 9 nitrogen and oxygen atoms in total. The lowest BCUT2D eigenvalue weighted by Gasteiger charge is -2.36. The molecule has 1 aliphatic heterocycles. The number of aliphatic carboxylic acids is 2. The highest BCUT2D eigenvalue weighted by atomic mass is 19.4. The summed E-state index contributed by atoms with van der Waals surface area (Å²) in [5, 5.41) is 14.2. The molecule has 0 aliphatic carbocycles. The molecule has 0 amide bonds. The summed E-state index contributed by atoms with van der Waals surface area (Å²) >= 11 is 0. The lowest BCUT2D eigenvalue weighted by molar-refractivity contribution is -0.193. The Labute approximate surface area is 205 Å². The van der Waals surface area contributed by atoms with Gasteiger partial charge >= 0.3 is 24.3 Å². The van der Waals surface area contributed by atoms with Crippen molar-refractivity contribution in [1.29, 1.82) is 0 Å². The summed E-state index contributed by atoms with van der Waals surface area (Å²) in [6.45, 7) is 17.7. The lowest BCUT2D eigenvalue weighted by Crippen LogP contribution is -2.47. The number of carboxylic acid groups (broad SMARTS) is 2. The summed E-state index contributed by atoms with van der Waals surface area (Å²) < 4.78 is 63.5. The van der Waals surface area contributed by atoms with Crippen molar-refractivity contribution in [2.24, 2.45) is 0 Å². The Bertz CT molecular complexity index is 787. The minimum Gasteiger partial charge on any atom is -0.475 e. The second-order valence-electron chi connectivity index (χ2n) is 7.74. The molecule has 0 spiro atoms. The average Bonchev–Trinajstić information content (AvgIpc) is 2.78. The molecule has 0 radical (unpaired) electrons. The van der Waals surface area contributed by atoms with E-state index in [9.17, 15) is 26.3 Å². The maximum Gasteiger partial charge on any atom is 0.490 e. The molecule has 0 bridgehead atoms. The van der Waals surface area contributed by atoms with E-state index < -0.39 is 24.3 Å². The van der Waals surface area contributed by atoms with Gasteiger partial charge in [0.25, 0.3) is 0 Å². The zero-order valence-electron chi connectivity index (χ0n) is 20.7. The van der Waals surface area contributed by atoms with Gasteiger partial charge in [-0.1, -0.05) is 13.8 Å². The minimum absolute atomic E-state index is 1.00. The molecule has 0 unspecified atom stereocenters. The summed E-state index contributed by atoms with van der Waals surface area (Å²) in [4.78, 5) is 34.4. The Balaban J connectivity index is 0.000000720. The van der Waals surface area contributed by atoms with E-state index in [1.165, 1.54) is 19.5 Å². The largest absolute Gasteiger partial charge is 0.490 e. The number of hydrogen-bond donors (Lipinski definition) is 2. The fraction of sp³-hybridized carbons (Fsp3) is 0.714. The van der Waals surface area contributed by atoms with Crippen molar-refractivity contribution in [2.45, 2.75) is 46.5 Å². The molecule has 2 heterocycles. The number of anilines is 1. The van der Waals surface area contributed by atoms with Gasteiger partial charge in [0.2, 0.25) is 0 Å². The Morgan fingerprint density at radius 3 is 1.78 bits per heavy atom. The first-order valence-electron chi connectivity index (χ1n) is 11.1. The number of rotatable bonds is 7. The van der Waals surface area contributed by atoms with E-state index >= 15 is 0 Å². The third-order valence-corrected chi connectivity index (χ3v) is 5.05. The van der Waals surface area contributed by atoms with Gasteiger partial charge in [0.1, 0.15) is 5.82 Å². The van der Waals surface area contributed by atoms with Crippen LogP contribution in [0, 0.1) is 13.8 Å². The number of aromatic nitrogens is 2. The van der Waals surface area contributed by atoms with Crippen molar-refractivity contribution in [3.8, 4) is 0 Å². The van der Waals surface area contributed by atoms with Crippen LogP contribution in [0.4, 0.5) is 32.2 Å². The summed E-state index contributed by atoms with van der Waals surface area (Å²) in [7, 11) is 0. The van der Waals surface area contributed by atoms with Crippen molar-refractivity contribution in [3.63, 3.8) is 0 Å². The molecular formula is C21H33F6N5O4. The molecule has 2 N–H and O–H groups in total. The standard InChI is InChI=1S/C17H31N5.2C2HF3O2/c1-5-20(6-2)8-7-9-21-10-12-22(13-11-21)17-16(4)18-14-15(3)19-17;2*3-2(4,5)1(6)7/h14H,5-13H2,1-4H3;2*(H,6,7). The molecule has 208 valence electrons. The number of hydrogen-bond acceptors (Lipinski definition) is 7. The van der Waals surface area contributed by atoms with Gasteiger partial charge in [-0.05, 0) is 46.4 Å². The highest BCUT2D eigenvalue weighted by molar-refractivity contribution is 5.73. The first kappa shape index (κ1) is 33.3. The van der Waals surface area contributed by atoms with Gasteiger partial charge in [0.15, 0.2) is 0 Å². The maximum atomic E-state index is 10.6. The molecule has 1 aliphatic rings. The number of aryl methyl sites for hydroxylation is 2. The van der Waals surface area contributed by atoms with E-state index in [1.807, 2.05) is 13.1 Å². The molecule has 36 heavy (non-hydrogen) atoms. The van der Waals surface area contributed by atoms with Gasteiger partial charge in [-0.25, -0.2) is 14.6 Å². The quantitative estimate of drug-likeness (QED) is 0.511. The summed E-state index contributed by atoms with van der Waals surface area (Å²) in [5.74, 6) is -4.44. The molecule has 1 fully saturated rings. The fourth-order valence-corrected chi connectivity index (χ4v) is 3.07. The molecule has 0 saturated carbocycles. The Morgan fingerprint density at radius 2 is 1.39 bits per heavy atom. The van der Waals surface area contributed by atoms with Gasteiger partial charge in [-0.15, -0.1) is 0 Å². The normalized spacial score (nSPS) is 14.5. The Hall–Kier alpha value is -2.68. The van der Waals surface area contributed by atoms with Gasteiger partial charge < -0.3 is 20.0 Å². The van der Waals surface area contributed by atoms with E-state index in [4.69, 9.17) is 19.8 Å². The van der Waals surface area contributed by atoms with Crippen LogP contribution in [-0.2, 0) is 9.59 Å². The van der Waals surface area contributed by atoms with Crippen molar-refractivity contribution in [3.05, 3.63) is 17.6 Å². The molecular weight excluding hydrogens is 500 g/mol. The first-order chi connectivity index (χ1) is 16.5. The maximum absolute atomic E-state index is 10.6. The molecule has 2 rings (SSSR count). The summed E-state index contributed by atoms with van der Waals surface area (Å²) in [6.07, 6.45) is -7.05. The third kappa shape index (κ3) is 13.4. The van der Waals surface area contributed by atoms with E-state index in [0.29, 0.717) is 0 Å². The molecule has 1 aromatic rings. The molecule has 1 saturated heterocycles. The number of halogens is 6. The second-order valence-corrected chi connectivity index (χ2v) is 7.74. The van der Waals surface area contributed by atoms with Crippen molar-refractivity contribution in [1.82, 2.24) is 19.8 Å². The van der Waals surface area contributed by atoms with Crippen molar-refractivity contribution in [2.75, 3.05) is 57.3 Å². The minimum atomic E-state index is -5.08. The molecule has 15 heteroatoms. The number of carboxylic acids is 2. The van der Waals surface area contributed by atoms with Crippen LogP contribution >= 0.6 is 0 Å². The van der Waals surface area contributed by atoms with Gasteiger partial charge in [0.05, 0.1) is 11.4 Å². The zero-order valence-corrected chi connectivity index (χ0v) is 20.7. The van der Waals surface area contributed by atoms with Crippen LogP contribution in [0.25, 0.3) is 0 Å². The lowest BCUT2D eigenvalue weighted by atomic mass is 10.2. The molecule has 1 aromatic heterocycles. The van der Waals surface area contributed by atoms with Crippen LogP contribution in [0.15, 0.2) is 6.20 Å². The fourth-order valence-electron chi connectivity index (χ4n) is 3.07. The second kappa shape index (κ2) is 15.4. The van der Waals surface area contributed by atoms with Crippen LogP contribution in [0.3, 0.4) is 0 Å². The third-order valence-electron chi connectivity index (χ3n) is 5.05. The van der Waals surface area contributed by atoms with Crippen LogP contribution < -0.4 is 4.90 Å². The molecule has 0 aromatic carbocycles. The highest BCUT2D eigenvalue weighted by Gasteiger charge is 2.38. The topological polar surface area (TPSA) is 110 Å². The van der Waals surface area contributed by atoms with Crippen LogP contribution in [0.1, 0.15) is 31.7 Å². The van der Waals surface area contributed by atoms with Crippen LogP contribution in [0.2, 0.25) is 0 Å². The van der Waals surface area contributed by atoms with Crippen molar-refractivity contribution >= 4 is 17.8 Å². The first-order valence-corrected chi connectivity index (χ1v) is 11.1. The average molecular weight is 534 g/mol. The Morgan fingerprint density at radius 1 is 0.944 bits per heavy atom. The van der Waals surface area contributed by atoms with Gasteiger partial charge in [-0.2, -0.15) is 26.3 Å². The van der Waals surface area contributed by atoms with E-state index in [1.54, 1.807) is 0 Å². The number of alkyl halides is 6. The monoisotopic (exact) mass is 533 g/mol. The van der Waals surface area contributed by atoms with E-state index in [-0.39, 0.29) is 0 Å².